The van der Waals surface area contributed by atoms with Crippen LogP contribution in [0.2, 0.25) is 0 Å². The number of rotatable bonds is 19. The lowest BCUT2D eigenvalue weighted by atomic mass is 9.76. The second kappa shape index (κ2) is 15.8. The summed E-state index contributed by atoms with van der Waals surface area (Å²) < 4.78 is 11.9. The molecule has 11 heteroatoms. The first kappa shape index (κ1) is 30.9. The lowest BCUT2D eigenvalue weighted by molar-refractivity contribution is -0.180. The summed E-state index contributed by atoms with van der Waals surface area (Å²) in [5, 5.41) is 37.9. The number of benzene rings is 2. The molecule has 0 saturated heterocycles. The summed E-state index contributed by atoms with van der Waals surface area (Å²) in [5.74, 6) is -7.09. The van der Waals surface area contributed by atoms with E-state index in [9.17, 15) is 29.7 Å². The van der Waals surface area contributed by atoms with Crippen LogP contribution in [0.15, 0.2) is 60.7 Å². The Morgan fingerprint density at radius 2 is 1.16 bits per heavy atom. The van der Waals surface area contributed by atoms with Crippen molar-refractivity contribution in [1.82, 2.24) is 16.0 Å². The number of nitrogens with one attached hydrogen (secondary N) is 3. The van der Waals surface area contributed by atoms with Gasteiger partial charge in [0.15, 0.2) is 0 Å². The van der Waals surface area contributed by atoms with Gasteiger partial charge in [0.2, 0.25) is 0 Å². The second-order valence-electron chi connectivity index (χ2n) is 8.82. The maximum absolute atomic E-state index is 11.7. The molecule has 0 aliphatic heterocycles. The van der Waals surface area contributed by atoms with Crippen LogP contribution >= 0.6 is 0 Å². The number of aliphatic carboxylic acids is 3. The molecule has 0 fully saturated rings. The van der Waals surface area contributed by atoms with E-state index in [0.29, 0.717) is 19.7 Å². The number of carboxylic acid groups (broad SMARTS) is 3. The highest BCUT2D eigenvalue weighted by Crippen LogP contribution is 2.29. The zero-order chi connectivity index (χ0) is 28.0. The standard InChI is InChI=1S/C27H37N3O8/c1-3-29-22(37-17-20-10-6-4-7-11-20)15-28-16-23(38-18-21-12-8-5-9-13-21)30-14-19(2)27(24(31)32,25(33)34)26(35)36/h4-13,19,22-23,28-30H,3,14-18H2,1-2H3,(H,31,32)(H,33,34)(H,35,36). The first-order chi connectivity index (χ1) is 18.2. The molecule has 3 unspecified atom stereocenters. The van der Waals surface area contributed by atoms with E-state index in [-0.39, 0.29) is 25.9 Å². The minimum Gasteiger partial charge on any atom is -0.480 e. The third-order valence-corrected chi connectivity index (χ3v) is 6.08. The van der Waals surface area contributed by atoms with Crippen LogP contribution in [0, 0.1) is 11.3 Å². The average molecular weight is 532 g/mol. The fourth-order valence-corrected chi connectivity index (χ4v) is 3.86. The van der Waals surface area contributed by atoms with Gasteiger partial charge < -0.3 is 30.1 Å². The summed E-state index contributed by atoms with van der Waals surface area (Å²) in [5.41, 5.74) is -1.06. The summed E-state index contributed by atoms with van der Waals surface area (Å²) in [7, 11) is 0. The van der Waals surface area contributed by atoms with E-state index in [4.69, 9.17) is 9.47 Å². The Balaban J connectivity index is 2.02. The highest BCUT2D eigenvalue weighted by molar-refractivity contribution is 6.16. The van der Waals surface area contributed by atoms with E-state index in [2.05, 4.69) is 16.0 Å². The maximum atomic E-state index is 11.7. The number of hydrogen-bond acceptors (Lipinski definition) is 8. The normalized spacial score (nSPS) is 13.9. The van der Waals surface area contributed by atoms with Gasteiger partial charge in [0.1, 0.15) is 12.5 Å². The van der Waals surface area contributed by atoms with Crippen LogP contribution in [-0.2, 0) is 37.1 Å². The SMILES string of the molecule is CCNC(CNCC(NCC(C)C(C(=O)O)(C(=O)O)C(=O)O)OCc1ccccc1)OCc1ccccc1. The molecule has 2 aromatic carbocycles. The predicted molar refractivity (Wildman–Crippen MR) is 139 cm³/mol. The zero-order valence-corrected chi connectivity index (χ0v) is 21.6. The van der Waals surface area contributed by atoms with E-state index >= 15 is 0 Å². The largest absolute Gasteiger partial charge is 0.480 e. The van der Waals surface area contributed by atoms with Gasteiger partial charge in [-0.1, -0.05) is 74.5 Å². The van der Waals surface area contributed by atoms with Gasteiger partial charge in [-0.05, 0) is 17.7 Å². The monoisotopic (exact) mass is 531 g/mol. The van der Waals surface area contributed by atoms with Gasteiger partial charge in [-0.25, -0.2) is 0 Å². The molecule has 208 valence electrons. The molecule has 0 spiro atoms. The number of likely N-dealkylation sites (N-methyl/N-ethyl adjacent to an activating group) is 1. The first-order valence-corrected chi connectivity index (χ1v) is 12.4. The van der Waals surface area contributed by atoms with Crippen LogP contribution < -0.4 is 16.0 Å². The molecule has 0 aliphatic carbocycles. The molecule has 0 aromatic heterocycles. The fourth-order valence-electron chi connectivity index (χ4n) is 3.86. The molecular formula is C27H37N3O8. The minimum atomic E-state index is -2.99. The van der Waals surface area contributed by atoms with E-state index in [1.54, 1.807) is 0 Å². The number of carbonyl (C=O) groups is 3. The lowest BCUT2D eigenvalue weighted by Crippen LogP contribution is -2.55. The van der Waals surface area contributed by atoms with Crippen molar-refractivity contribution in [2.24, 2.45) is 11.3 Å². The van der Waals surface area contributed by atoms with E-state index in [1.807, 2.05) is 67.6 Å². The minimum absolute atomic E-state index is 0.229. The molecule has 6 N–H and O–H groups in total. The fraction of sp³-hybridized carbons (Fsp3) is 0.444. The van der Waals surface area contributed by atoms with Crippen LogP contribution in [0.3, 0.4) is 0 Å². The van der Waals surface area contributed by atoms with Crippen molar-refractivity contribution >= 4 is 17.9 Å². The topological polar surface area (TPSA) is 166 Å². The van der Waals surface area contributed by atoms with Crippen LogP contribution in [0.5, 0.6) is 0 Å². The summed E-state index contributed by atoms with van der Waals surface area (Å²) in [6.07, 6.45) is -0.976. The van der Waals surface area contributed by atoms with Crippen molar-refractivity contribution in [2.75, 3.05) is 26.2 Å². The van der Waals surface area contributed by atoms with Crippen molar-refractivity contribution in [1.29, 1.82) is 0 Å². The highest BCUT2D eigenvalue weighted by atomic mass is 16.5. The van der Waals surface area contributed by atoms with Crippen molar-refractivity contribution in [2.45, 2.75) is 39.5 Å². The summed E-state index contributed by atoms with van der Waals surface area (Å²) in [4.78, 5) is 35.2. The van der Waals surface area contributed by atoms with Crippen molar-refractivity contribution in [3.63, 3.8) is 0 Å². The molecule has 11 nitrogen and oxygen atoms in total. The van der Waals surface area contributed by atoms with Gasteiger partial charge >= 0.3 is 17.9 Å². The third-order valence-electron chi connectivity index (χ3n) is 6.08. The number of carboxylic acids is 3. The van der Waals surface area contributed by atoms with Crippen molar-refractivity contribution in [3.05, 3.63) is 71.8 Å². The van der Waals surface area contributed by atoms with Crippen LogP contribution in [0.4, 0.5) is 0 Å². The lowest BCUT2D eigenvalue weighted by Gasteiger charge is -2.29. The van der Waals surface area contributed by atoms with E-state index in [1.165, 1.54) is 6.92 Å². The molecule has 2 aromatic rings. The highest BCUT2D eigenvalue weighted by Gasteiger charge is 2.58. The van der Waals surface area contributed by atoms with Crippen LogP contribution in [0.1, 0.15) is 25.0 Å². The Morgan fingerprint density at radius 1 is 0.737 bits per heavy atom. The van der Waals surface area contributed by atoms with Gasteiger partial charge in [0.25, 0.3) is 5.41 Å². The Hall–Kier alpha value is -3.35. The molecule has 38 heavy (non-hydrogen) atoms. The van der Waals surface area contributed by atoms with Gasteiger partial charge in [-0.3, -0.25) is 25.0 Å². The van der Waals surface area contributed by atoms with E-state index in [0.717, 1.165) is 11.1 Å². The van der Waals surface area contributed by atoms with E-state index < -0.39 is 35.5 Å². The molecule has 0 amide bonds. The van der Waals surface area contributed by atoms with Gasteiger partial charge in [-0.2, -0.15) is 0 Å². The van der Waals surface area contributed by atoms with Crippen LogP contribution in [-0.4, -0.2) is 71.9 Å². The summed E-state index contributed by atoms with van der Waals surface area (Å²) >= 11 is 0. The maximum Gasteiger partial charge on any atom is 0.333 e. The predicted octanol–water partition coefficient (Wildman–Crippen LogP) is 1.74. The number of hydrogen-bond donors (Lipinski definition) is 6. The van der Waals surface area contributed by atoms with Gasteiger partial charge in [0.05, 0.1) is 13.2 Å². The van der Waals surface area contributed by atoms with Crippen LogP contribution in [0.25, 0.3) is 0 Å². The third kappa shape index (κ3) is 8.89. The molecule has 0 heterocycles. The quantitative estimate of drug-likeness (QED) is 0.115. The average Bonchev–Trinajstić information content (AvgIpc) is 2.89. The molecule has 0 radical (unpaired) electrons. The smallest absolute Gasteiger partial charge is 0.333 e. The summed E-state index contributed by atoms with van der Waals surface area (Å²) in [6.45, 7) is 5.03. The molecule has 0 bridgehead atoms. The van der Waals surface area contributed by atoms with Gasteiger partial charge in [0, 0.05) is 25.6 Å². The van der Waals surface area contributed by atoms with Crippen molar-refractivity contribution < 1.29 is 39.2 Å². The Kier molecular flexibility index (Phi) is 12.8. The summed E-state index contributed by atoms with van der Waals surface area (Å²) in [6, 6.07) is 19.1. The first-order valence-electron chi connectivity index (χ1n) is 12.4. The Bertz CT molecular complexity index is 970. The molecule has 2 rings (SSSR count). The molecule has 0 aliphatic rings. The second-order valence-corrected chi connectivity index (χ2v) is 8.82. The zero-order valence-electron chi connectivity index (χ0n) is 21.6. The Labute approximate surface area is 222 Å². The molecule has 3 atom stereocenters. The van der Waals surface area contributed by atoms with Gasteiger partial charge in [-0.15, -0.1) is 0 Å². The Morgan fingerprint density at radius 3 is 1.55 bits per heavy atom. The van der Waals surface area contributed by atoms with Crippen molar-refractivity contribution in [3.8, 4) is 0 Å². The molecular weight excluding hydrogens is 494 g/mol. The molecule has 0 saturated carbocycles. The number of ether oxygens (including phenoxy) is 2.